The molecule has 0 unspecified atom stereocenters. The third-order valence-corrected chi connectivity index (χ3v) is 16.4. The Balaban J connectivity index is 0.000000150. The first-order chi connectivity index (χ1) is 40.4. The zero-order chi connectivity index (χ0) is 59.3. The number of amides is 2. The first-order valence-corrected chi connectivity index (χ1v) is 28.0. The number of aromatic nitrogens is 2. The molecular weight excluding hydrogens is 1120 g/mol. The Morgan fingerprint density at radius 1 is 0.624 bits per heavy atom. The van der Waals surface area contributed by atoms with E-state index in [1.807, 2.05) is 28.0 Å². The minimum Gasteiger partial charge on any atom is -0.702 e. The molecule has 4 saturated heterocycles. The fourth-order valence-electron chi connectivity index (χ4n) is 12.7. The number of nitrogens with zero attached hydrogens (tertiary/aromatic N) is 5. The van der Waals surface area contributed by atoms with Crippen LogP contribution in [0.25, 0.3) is 0 Å². The molecule has 1 N–H and O–H groups in total. The van der Waals surface area contributed by atoms with Crippen LogP contribution in [0.5, 0.6) is 23.0 Å². The molecular formula is C59H63BF2N5NaO17. The number of rotatable bonds is 11. The number of carboxylic acids is 1. The van der Waals surface area contributed by atoms with E-state index < -0.39 is 29.5 Å². The van der Waals surface area contributed by atoms with Gasteiger partial charge >= 0.3 is 41.5 Å². The molecule has 4 saturated carbocycles. The van der Waals surface area contributed by atoms with Crippen LogP contribution in [-0.2, 0) is 49.3 Å². The van der Waals surface area contributed by atoms with Gasteiger partial charge in [-0.2, -0.15) is 0 Å². The third-order valence-electron chi connectivity index (χ3n) is 16.4. The van der Waals surface area contributed by atoms with Crippen LogP contribution in [0.2, 0.25) is 0 Å². The summed E-state index contributed by atoms with van der Waals surface area (Å²) in [4.78, 5) is 105. The van der Waals surface area contributed by atoms with Gasteiger partial charge in [0, 0.05) is 58.1 Å². The molecule has 6 aliphatic heterocycles. The van der Waals surface area contributed by atoms with Gasteiger partial charge in [0.25, 0.3) is 29.7 Å². The summed E-state index contributed by atoms with van der Waals surface area (Å²) in [7, 11) is 0.699. The van der Waals surface area contributed by atoms with Crippen molar-refractivity contribution in [3.8, 4) is 23.0 Å². The fraction of sp³-hybridized carbons (Fsp3) is 0.492. The zero-order valence-electron chi connectivity index (χ0n) is 47.4. The van der Waals surface area contributed by atoms with E-state index >= 15 is 0 Å². The number of hydrogen-bond donors (Lipinski definition) is 1. The minimum absolute atomic E-state index is 0. The van der Waals surface area contributed by atoms with Crippen LogP contribution in [0.4, 0.5) is 8.78 Å². The third kappa shape index (κ3) is 15.1. The standard InChI is InChI=1S/C26H26FN3O5.C19H21FN2O3.C8H6O3.C4H6BO4.C2H4O2.Na/c27-17-4-5-18(28-10-17)25(31)30-12-15-7-19-23(30)24(35-26(32)16-2-3-16)20(8-15)29(19)11-14-1-6-21-22(9-14)34-13-33-21;20-14-3-4-15(21-8-14)18(23)22-9-10-5-12-7-13(6-10)17(16(12)22)25-19(24)11-1-2-11;9-4-6-1-2-7-8(3-6)11-5-10-7;1-3(6)8-5-9-4(2)7;1-2(3)4;/h1,4-6,9-10,15-16,19-20,23-24H,2-3,7-8,11-13H2;3-4,8,10-13,16-17H,1-2,5-7,9H2;1-4H,5H2;1-2H3;1H3,(H,3,4);/q;;;-1;;+1/t15-,19-,20+,23-,24+;10-,12+,13-,16-,17+;;;;/m00..../s1. The van der Waals surface area contributed by atoms with Crippen LogP contribution >= 0.6 is 0 Å². The van der Waals surface area contributed by atoms with Gasteiger partial charge in [0.05, 0.1) is 36.3 Å². The van der Waals surface area contributed by atoms with E-state index in [0.717, 1.165) is 100 Å². The number of aliphatic carboxylic acids is 1. The maximum Gasteiger partial charge on any atom is 1.00 e. The molecule has 8 fully saturated rings. The second kappa shape index (κ2) is 27.4. The molecule has 444 valence electrons. The Morgan fingerprint density at radius 3 is 1.65 bits per heavy atom. The van der Waals surface area contributed by atoms with Crippen molar-refractivity contribution in [1.29, 1.82) is 0 Å². The van der Waals surface area contributed by atoms with E-state index in [0.29, 0.717) is 68.1 Å². The number of halogens is 2. The summed E-state index contributed by atoms with van der Waals surface area (Å²) in [5.41, 5.74) is 2.17. The topological polar surface area (TPSA) is 266 Å². The number of piperidine rings is 3. The summed E-state index contributed by atoms with van der Waals surface area (Å²) < 4.78 is 68.0. The molecule has 2 radical (unpaired) electrons. The predicted octanol–water partition coefficient (Wildman–Crippen LogP) is 3.14. The summed E-state index contributed by atoms with van der Waals surface area (Å²) in [6.45, 7) is 5.93. The maximum absolute atomic E-state index is 13.5. The van der Waals surface area contributed by atoms with Gasteiger partial charge in [-0.3, -0.25) is 43.3 Å². The second-order valence-electron chi connectivity index (χ2n) is 22.5. The number of aldehydes is 1. The monoisotopic (exact) mass is 1190 g/mol. The number of likely N-dealkylation sites (tertiary alicyclic amines) is 2. The average Bonchev–Trinajstić information content (AvgIpc) is 1.65. The fourth-order valence-corrected chi connectivity index (χ4v) is 12.7. The van der Waals surface area contributed by atoms with Crippen molar-refractivity contribution < 1.29 is 120 Å². The molecule has 8 heterocycles. The predicted molar refractivity (Wildman–Crippen MR) is 287 cm³/mol. The van der Waals surface area contributed by atoms with Crippen LogP contribution in [0.1, 0.15) is 115 Å². The Kier molecular flexibility index (Phi) is 20.1. The van der Waals surface area contributed by atoms with E-state index in [1.165, 1.54) is 38.1 Å². The van der Waals surface area contributed by atoms with Crippen molar-refractivity contribution >= 4 is 55.6 Å². The van der Waals surface area contributed by atoms with Crippen molar-refractivity contribution in [2.45, 2.75) is 121 Å². The molecule has 4 aliphatic carbocycles. The van der Waals surface area contributed by atoms with E-state index in [2.05, 4.69) is 24.2 Å². The van der Waals surface area contributed by atoms with Crippen molar-refractivity contribution in [2.24, 2.45) is 35.5 Å². The van der Waals surface area contributed by atoms with Gasteiger partial charge in [0.15, 0.2) is 23.0 Å². The average molecular weight is 1190 g/mol. The molecule has 22 nitrogen and oxygen atoms in total. The summed E-state index contributed by atoms with van der Waals surface area (Å²) in [5.74, 6) is 1.01. The summed E-state index contributed by atoms with van der Waals surface area (Å²) in [6, 6.07) is 16.2. The van der Waals surface area contributed by atoms with Gasteiger partial charge in [0.2, 0.25) is 13.6 Å². The summed E-state index contributed by atoms with van der Waals surface area (Å²) in [6.07, 6.45) is 10.9. The minimum atomic E-state index is -0.833. The zero-order valence-corrected chi connectivity index (χ0v) is 49.4. The molecule has 10 aliphatic rings. The van der Waals surface area contributed by atoms with Crippen molar-refractivity contribution in [3.05, 3.63) is 107 Å². The Labute approximate surface area is 511 Å². The van der Waals surface area contributed by atoms with Crippen molar-refractivity contribution in [1.82, 2.24) is 24.7 Å². The Bertz CT molecular complexity index is 3120. The molecule has 6 bridgehead atoms. The Hall–Kier alpha value is -7.22. The van der Waals surface area contributed by atoms with Crippen LogP contribution < -0.4 is 48.5 Å². The first kappa shape index (κ1) is 62.3. The number of esters is 2. The number of carboxylic acid groups (broad SMARTS) is 1. The summed E-state index contributed by atoms with van der Waals surface area (Å²) in [5, 5.41) is 7.42. The normalized spacial score (nSPS) is 25.9. The molecule has 2 amide bonds. The van der Waals surface area contributed by atoms with Gasteiger partial charge in [-0.1, -0.05) is 6.07 Å². The van der Waals surface area contributed by atoms with E-state index in [-0.39, 0.29) is 126 Å². The van der Waals surface area contributed by atoms with Crippen LogP contribution in [-0.4, -0.2) is 148 Å². The van der Waals surface area contributed by atoms with Gasteiger partial charge in [-0.15, -0.1) is 0 Å². The van der Waals surface area contributed by atoms with Gasteiger partial charge in [0.1, 0.15) is 49.2 Å². The SMILES string of the molecule is CC(=O)O.CC(=O)O[B-]OC(C)=O.O=C(O[C@@H]1[C@H]2C[C@@H]3C[C@H](C2)[C@@H]1N(C(=O)c1ccc(F)cn1)C3)C1CC1.O=C(O[C@H]1[C@@H]2[C@@H]3C[C@@H](C[C@H]1N3Cc1ccc3c(c1)OCO3)CN2C(=O)c1ccc(F)cn1)C1CC1.O=Cc1ccc2c(c1)OCO2.[Na+]. The van der Waals surface area contributed by atoms with E-state index in [4.69, 9.17) is 38.3 Å². The van der Waals surface area contributed by atoms with Crippen LogP contribution in [0, 0.1) is 47.1 Å². The number of carbonyl (C=O) groups excluding carboxylic acids is 7. The number of fused-ring (bicyclic) bond motifs is 6. The molecule has 10 atom stereocenters. The summed E-state index contributed by atoms with van der Waals surface area (Å²) >= 11 is 0. The number of pyridine rings is 2. The number of hydrogen-bond acceptors (Lipinski definition) is 19. The van der Waals surface area contributed by atoms with Crippen molar-refractivity contribution in [3.63, 3.8) is 0 Å². The second-order valence-corrected chi connectivity index (χ2v) is 22.5. The molecule has 2 aromatic heterocycles. The molecule has 14 rings (SSSR count). The van der Waals surface area contributed by atoms with Crippen LogP contribution in [0.3, 0.4) is 0 Å². The number of benzene rings is 2. The smallest absolute Gasteiger partial charge is 0.702 e. The van der Waals surface area contributed by atoms with E-state index in [9.17, 15) is 42.3 Å². The quantitative estimate of drug-likeness (QED) is 0.128. The number of carbonyl (C=O) groups is 8. The van der Waals surface area contributed by atoms with E-state index in [1.54, 1.807) is 18.2 Å². The largest absolute Gasteiger partial charge is 1.00 e. The molecule has 85 heavy (non-hydrogen) atoms. The molecule has 2 aromatic carbocycles. The van der Waals surface area contributed by atoms with Crippen LogP contribution in [0.15, 0.2) is 73.1 Å². The van der Waals surface area contributed by atoms with Gasteiger partial charge in [-0.25, -0.2) is 18.7 Å². The molecule has 26 heteroatoms. The molecule has 0 spiro atoms. The first-order valence-electron chi connectivity index (χ1n) is 28.0. The Morgan fingerprint density at radius 2 is 1.12 bits per heavy atom. The maximum atomic E-state index is 13.5. The number of ether oxygens (including phenoxy) is 6. The van der Waals surface area contributed by atoms with Gasteiger partial charge in [-0.05, 0) is 142 Å². The van der Waals surface area contributed by atoms with Gasteiger partial charge < -0.3 is 52.6 Å². The molecule has 4 aromatic rings. The van der Waals surface area contributed by atoms with Crippen molar-refractivity contribution in [2.75, 3.05) is 26.7 Å².